The number of rotatable bonds is 5. The lowest BCUT2D eigenvalue weighted by atomic mass is 9.60. The average Bonchev–Trinajstić information content (AvgIpc) is 2.93. The molecule has 3 rings (SSSR count). The van der Waals surface area contributed by atoms with Gasteiger partial charge in [0.1, 0.15) is 11.0 Å². The topological polar surface area (TPSA) is 61.4 Å². The summed E-state index contributed by atoms with van der Waals surface area (Å²) in [6, 6.07) is 1.52. The first-order chi connectivity index (χ1) is 8.55. The van der Waals surface area contributed by atoms with Crippen molar-refractivity contribution in [1.29, 1.82) is 0 Å². The minimum atomic E-state index is -1.24. The minimum absolute atomic E-state index is 0.127. The van der Waals surface area contributed by atoms with E-state index < -0.39 is 11.0 Å². The molecule has 3 aliphatic rings. The number of carbonyl (C=O) groups is 1. The summed E-state index contributed by atoms with van der Waals surface area (Å²) in [4.78, 5) is 13.6. The number of likely N-dealkylation sites (tertiary alicyclic amines) is 1. The largest absolute Gasteiger partial charge is 0.311 e. The van der Waals surface area contributed by atoms with Gasteiger partial charge >= 0.3 is 0 Å². The first kappa shape index (κ1) is 12.6. The molecule has 0 bridgehead atoms. The Morgan fingerprint density at radius 1 is 1.33 bits per heavy atom. The van der Waals surface area contributed by atoms with Crippen molar-refractivity contribution >= 4 is 16.9 Å². The molecule has 6 heteroatoms. The summed E-state index contributed by atoms with van der Waals surface area (Å²) in [6.45, 7) is 2.45. The molecule has 5 nitrogen and oxygen atoms in total. The molecule has 1 saturated heterocycles. The summed E-state index contributed by atoms with van der Waals surface area (Å²) in [5.74, 6) is -0.127. The summed E-state index contributed by atoms with van der Waals surface area (Å²) < 4.78 is 13.3. The van der Waals surface area contributed by atoms with E-state index in [0.717, 1.165) is 25.2 Å². The van der Waals surface area contributed by atoms with E-state index >= 15 is 0 Å². The minimum Gasteiger partial charge on any atom is -0.311 e. The monoisotopic (exact) mass is 271 g/mol. The number of hydrogen-bond donors (Lipinski definition) is 2. The maximum Gasteiger partial charge on any atom is 0.245 e. The number of hydrogen-bond acceptors (Lipinski definition) is 4. The van der Waals surface area contributed by atoms with E-state index in [4.69, 9.17) is 0 Å². The molecular weight excluding hydrogens is 250 g/mol. The maximum atomic E-state index is 11.4. The molecule has 0 aromatic rings. The van der Waals surface area contributed by atoms with Crippen molar-refractivity contribution < 1.29 is 9.00 Å². The lowest BCUT2D eigenvalue weighted by Gasteiger charge is -2.59. The van der Waals surface area contributed by atoms with Crippen LogP contribution < -0.4 is 10.0 Å². The Hall–Kier alpha value is -0.460. The van der Waals surface area contributed by atoms with Gasteiger partial charge in [0, 0.05) is 31.4 Å². The maximum absolute atomic E-state index is 11.4. The van der Waals surface area contributed by atoms with Crippen molar-refractivity contribution in [3.8, 4) is 0 Å². The highest BCUT2D eigenvalue weighted by Crippen LogP contribution is 2.48. The summed E-state index contributed by atoms with van der Waals surface area (Å²) in [5.41, 5.74) is 0.484. The molecule has 1 heterocycles. The first-order valence-electron chi connectivity index (χ1n) is 6.66. The van der Waals surface area contributed by atoms with Crippen LogP contribution in [0.5, 0.6) is 0 Å². The van der Waals surface area contributed by atoms with E-state index in [9.17, 15) is 9.00 Å². The number of nitrogens with one attached hydrogen (secondary N) is 2. The van der Waals surface area contributed by atoms with Crippen LogP contribution in [0.2, 0.25) is 0 Å². The van der Waals surface area contributed by atoms with Crippen LogP contribution >= 0.6 is 0 Å². The summed E-state index contributed by atoms with van der Waals surface area (Å²) in [5, 5.41) is 3.66. The van der Waals surface area contributed by atoms with Crippen LogP contribution in [-0.4, -0.2) is 53.0 Å². The van der Waals surface area contributed by atoms with Gasteiger partial charge in [0.2, 0.25) is 5.91 Å². The van der Waals surface area contributed by atoms with Crippen LogP contribution in [0.15, 0.2) is 0 Å². The third-order valence-corrected chi connectivity index (χ3v) is 4.67. The molecule has 2 N–H and O–H groups in total. The second-order valence-electron chi connectivity index (χ2n) is 6.17. The Balaban J connectivity index is 1.34. The molecule has 3 fully saturated rings. The van der Waals surface area contributed by atoms with Gasteiger partial charge < -0.3 is 5.32 Å². The third kappa shape index (κ3) is 2.75. The molecule has 1 atom stereocenters. The Kier molecular flexibility index (Phi) is 3.20. The summed E-state index contributed by atoms with van der Waals surface area (Å²) >= 11 is 0. The van der Waals surface area contributed by atoms with Gasteiger partial charge in [-0.3, -0.25) is 14.4 Å². The number of nitrogens with zero attached hydrogens (tertiary/aromatic N) is 1. The lowest BCUT2D eigenvalue weighted by Crippen LogP contribution is -2.67. The SMILES string of the molecule is CS(=O)NC(=O)CN1CC2(CC(NC3CC3)C2)C1. The quantitative estimate of drug-likeness (QED) is 0.715. The molecule has 2 aliphatic carbocycles. The van der Waals surface area contributed by atoms with Crippen LogP contribution in [0.1, 0.15) is 25.7 Å². The van der Waals surface area contributed by atoms with Crippen LogP contribution in [0.3, 0.4) is 0 Å². The van der Waals surface area contributed by atoms with E-state index in [1.54, 1.807) is 0 Å². The van der Waals surface area contributed by atoms with Gasteiger partial charge in [-0.2, -0.15) is 0 Å². The fraction of sp³-hybridized carbons (Fsp3) is 0.917. The Bertz CT molecular complexity index is 370. The smallest absolute Gasteiger partial charge is 0.245 e. The van der Waals surface area contributed by atoms with Crippen molar-refractivity contribution in [2.24, 2.45) is 5.41 Å². The van der Waals surface area contributed by atoms with Crippen molar-refractivity contribution in [3.63, 3.8) is 0 Å². The molecule has 1 aliphatic heterocycles. The van der Waals surface area contributed by atoms with Crippen LogP contribution in [0.25, 0.3) is 0 Å². The van der Waals surface area contributed by atoms with Gasteiger partial charge in [-0.05, 0) is 31.1 Å². The van der Waals surface area contributed by atoms with Gasteiger partial charge in [0.15, 0.2) is 0 Å². The van der Waals surface area contributed by atoms with Crippen molar-refractivity contribution in [2.45, 2.75) is 37.8 Å². The van der Waals surface area contributed by atoms with Crippen LogP contribution in [0.4, 0.5) is 0 Å². The highest BCUT2D eigenvalue weighted by atomic mass is 32.2. The fourth-order valence-electron chi connectivity index (χ4n) is 3.35. The van der Waals surface area contributed by atoms with Gasteiger partial charge in [0.05, 0.1) is 6.54 Å². The normalized spacial score (nSPS) is 28.5. The van der Waals surface area contributed by atoms with E-state index in [2.05, 4.69) is 14.9 Å². The zero-order valence-corrected chi connectivity index (χ0v) is 11.6. The molecule has 0 aromatic heterocycles. The highest BCUT2D eigenvalue weighted by molar-refractivity contribution is 7.82. The van der Waals surface area contributed by atoms with E-state index in [1.807, 2.05) is 0 Å². The number of carbonyl (C=O) groups excluding carboxylic acids is 1. The molecular formula is C12H21N3O2S. The Morgan fingerprint density at radius 3 is 2.56 bits per heavy atom. The summed E-state index contributed by atoms with van der Waals surface area (Å²) in [6.07, 6.45) is 6.71. The standard InChI is InChI=1S/C12H21N3O2S/c1-18(17)14-11(16)6-15-7-12(8-15)4-10(5-12)13-9-2-3-9/h9-10,13H,2-8H2,1H3,(H,14,16). The Labute approximate surface area is 110 Å². The van der Waals surface area contributed by atoms with E-state index in [0.29, 0.717) is 12.0 Å². The predicted octanol–water partition coefficient (Wildman–Crippen LogP) is -0.387. The third-order valence-electron chi connectivity index (χ3n) is 4.15. The second kappa shape index (κ2) is 4.58. The van der Waals surface area contributed by atoms with Gasteiger partial charge in [-0.15, -0.1) is 0 Å². The van der Waals surface area contributed by atoms with Crippen molar-refractivity contribution in [3.05, 3.63) is 0 Å². The zero-order chi connectivity index (χ0) is 12.8. The second-order valence-corrected chi connectivity index (χ2v) is 7.28. The van der Waals surface area contributed by atoms with Crippen LogP contribution in [0, 0.1) is 5.41 Å². The van der Waals surface area contributed by atoms with E-state index in [-0.39, 0.29) is 5.91 Å². The first-order valence-corrected chi connectivity index (χ1v) is 8.22. The van der Waals surface area contributed by atoms with E-state index in [1.165, 1.54) is 31.9 Å². The Morgan fingerprint density at radius 2 is 2.00 bits per heavy atom. The van der Waals surface area contributed by atoms with Crippen molar-refractivity contribution in [2.75, 3.05) is 25.9 Å². The fourth-order valence-corrected chi connectivity index (χ4v) is 3.74. The molecule has 1 spiro atoms. The molecule has 0 radical (unpaired) electrons. The van der Waals surface area contributed by atoms with Gasteiger partial charge in [-0.25, -0.2) is 4.21 Å². The summed E-state index contributed by atoms with van der Waals surface area (Å²) in [7, 11) is -1.24. The lowest BCUT2D eigenvalue weighted by molar-refractivity contribution is -0.128. The highest BCUT2D eigenvalue weighted by Gasteiger charge is 2.52. The van der Waals surface area contributed by atoms with Gasteiger partial charge in [0.25, 0.3) is 0 Å². The molecule has 1 unspecified atom stereocenters. The molecule has 102 valence electrons. The molecule has 1 amide bonds. The van der Waals surface area contributed by atoms with Crippen molar-refractivity contribution in [1.82, 2.24) is 14.9 Å². The molecule has 18 heavy (non-hydrogen) atoms. The average molecular weight is 271 g/mol. The zero-order valence-electron chi connectivity index (χ0n) is 10.8. The predicted molar refractivity (Wildman–Crippen MR) is 70.3 cm³/mol. The molecule has 0 aromatic carbocycles. The van der Waals surface area contributed by atoms with Crippen LogP contribution in [-0.2, 0) is 15.8 Å². The molecule has 2 saturated carbocycles. The number of amides is 1. The van der Waals surface area contributed by atoms with Gasteiger partial charge in [-0.1, -0.05) is 0 Å².